The van der Waals surface area contributed by atoms with Gasteiger partial charge in [-0.3, -0.25) is 4.79 Å². The van der Waals surface area contributed by atoms with Crippen molar-refractivity contribution in [1.82, 2.24) is 4.57 Å². The lowest BCUT2D eigenvalue weighted by atomic mass is 10.1. The van der Waals surface area contributed by atoms with Gasteiger partial charge in [0.05, 0.1) is 17.2 Å². The van der Waals surface area contributed by atoms with Crippen LogP contribution in [-0.4, -0.2) is 10.5 Å². The molecule has 0 aliphatic rings. The van der Waals surface area contributed by atoms with E-state index in [1.165, 1.54) is 12.1 Å². The summed E-state index contributed by atoms with van der Waals surface area (Å²) in [4.78, 5) is 11.8. The first-order valence-corrected chi connectivity index (χ1v) is 8.24. The zero-order valence-corrected chi connectivity index (χ0v) is 14.4. The topological polar surface area (TPSA) is 71.8 Å². The van der Waals surface area contributed by atoms with Gasteiger partial charge in [0.2, 0.25) is 0 Å². The maximum absolute atomic E-state index is 13.1. The highest BCUT2D eigenvalue weighted by Gasteiger charge is 2.17. The van der Waals surface area contributed by atoms with E-state index in [-0.39, 0.29) is 5.82 Å². The fourth-order valence-corrected chi connectivity index (χ4v) is 3.06. The summed E-state index contributed by atoms with van der Waals surface area (Å²) < 4.78 is 15.1. The Bertz CT molecular complexity index is 997. The van der Waals surface area contributed by atoms with Crippen molar-refractivity contribution < 1.29 is 9.18 Å². The largest absolute Gasteiger partial charge is 0.366 e. The molecular formula is C21H18FN3O. The molecular weight excluding hydrogens is 329 g/mol. The molecule has 1 heterocycles. The summed E-state index contributed by atoms with van der Waals surface area (Å²) >= 11 is 0. The number of carbonyl (C=O) groups excluding carboxylic acids is 1. The van der Waals surface area contributed by atoms with Crippen LogP contribution in [0.5, 0.6) is 0 Å². The zero-order chi connectivity index (χ0) is 18.7. The van der Waals surface area contributed by atoms with Crippen LogP contribution in [0.25, 0.3) is 11.3 Å². The molecule has 0 unspecified atom stereocenters. The summed E-state index contributed by atoms with van der Waals surface area (Å²) in [5.74, 6) is -0.753. The summed E-state index contributed by atoms with van der Waals surface area (Å²) in [5, 5.41) is 9.14. The number of aromatic nitrogens is 1. The lowest BCUT2D eigenvalue weighted by Crippen LogP contribution is -2.13. The number of primary amides is 1. The monoisotopic (exact) mass is 347 g/mol. The lowest BCUT2D eigenvalue weighted by molar-refractivity contribution is 0.0999. The van der Waals surface area contributed by atoms with E-state index in [2.05, 4.69) is 6.07 Å². The Morgan fingerprint density at radius 1 is 1.19 bits per heavy atom. The molecule has 3 rings (SSSR count). The summed E-state index contributed by atoms with van der Waals surface area (Å²) in [5.41, 5.74) is 9.96. The van der Waals surface area contributed by atoms with Crippen molar-refractivity contribution in [3.63, 3.8) is 0 Å². The van der Waals surface area contributed by atoms with Gasteiger partial charge in [-0.2, -0.15) is 5.26 Å². The van der Waals surface area contributed by atoms with Gasteiger partial charge in [0.1, 0.15) is 5.82 Å². The molecule has 3 aromatic rings. The first-order valence-electron chi connectivity index (χ1n) is 8.24. The quantitative estimate of drug-likeness (QED) is 0.762. The van der Waals surface area contributed by atoms with Crippen molar-refractivity contribution in [3.05, 3.63) is 82.8 Å². The molecule has 2 aromatic carbocycles. The molecule has 0 saturated heterocycles. The van der Waals surface area contributed by atoms with Gasteiger partial charge in [0, 0.05) is 17.9 Å². The molecule has 0 atom stereocenters. The average molecular weight is 347 g/mol. The Morgan fingerprint density at radius 2 is 1.92 bits per heavy atom. The van der Waals surface area contributed by atoms with Gasteiger partial charge in [-0.05, 0) is 54.8 Å². The molecule has 4 nitrogen and oxygen atoms in total. The molecule has 0 radical (unpaired) electrons. The number of nitriles is 1. The predicted molar refractivity (Wildman–Crippen MR) is 97.9 cm³/mol. The van der Waals surface area contributed by atoms with E-state index >= 15 is 0 Å². The highest BCUT2D eigenvalue weighted by Crippen LogP contribution is 2.27. The zero-order valence-electron chi connectivity index (χ0n) is 14.4. The number of hydrogen-bond acceptors (Lipinski definition) is 2. The first kappa shape index (κ1) is 17.4. The fourth-order valence-electron chi connectivity index (χ4n) is 3.06. The molecule has 5 heteroatoms. The van der Waals surface area contributed by atoms with Crippen molar-refractivity contribution in [1.29, 1.82) is 5.26 Å². The van der Waals surface area contributed by atoms with Crippen LogP contribution in [0.3, 0.4) is 0 Å². The molecule has 0 fully saturated rings. The molecule has 130 valence electrons. The Morgan fingerprint density at radius 3 is 2.58 bits per heavy atom. The van der Waals surface area contributed by atoms with Gasteiger partial charge >= 0.3 is 0 Å². The number of carbonyl (C=O) groups is 1. The Kier molecular flexibility index (Phi) is 4.85. The van der Waals surface area contributed by atoms with Gasteiger partial charge in [-0.15, -0.1) is 0 Å². The van der Waals surface area contributed by atoms with Crippen LogP contribution < -0.4 is 5.73 Å². The van der Waals surface area contributed by atoms with Crippen LogP contribution in [0.2, 0.25) is 0 Å². The third kappa shape index (κ3) is 3.50. The molecule has 0 aliphatic carbocycles. The molecule has 0 saturated carbocycles. The van der Waals surface area contributed by atoms with Crippen molar-refractivity contribution in [3.8, 4) is 17.3 Å². The Balaban J connectivity index is 2.00. The molecule has 26 heavy (non-hydrogen) atoms. The van der Waals surface area contributed by atoms with Crippen LogP contribution in [-0.2, 0) is 13.0 Å². The number of halogens is 1. The Labute approximate surface area is 151 Å². The number of nitrogens with zero attached hydrogens (tertiary/aromatic N) is 2. The van der Waals surface area contributed by atoms with Gasteiger partial charge in [0.25, 0.3) is 5.91 Å². The molecule has 0 spiro atoms. The summed E-state index contributed by atoms with van der Waals surface area (Å²) in [6.07, 6.45) is 0.680. The van der Waals surface area contributed by atoms with Crippen molar-refractivity contribution in [2.45, 2.75) is 19.9 Å². The molecule has 2 N–H and O–H groups in total. The van der Waals surface area contributed by atoms with Crippen LogP contribution in [0.15, 0.2) is 54.6 Å². The second-order valence-corrected chi connectivity index (χ2v) is 6.11. The summed E-state index contributed by atoms with van der Waals surface area (Å²) in [6.45, 7) is 2.46. The minimum atomic E-state index is -0.485. The summed E-state index contributed by atoms with van der Waals surface area (Å²) in [7, 11) is 0. The van der Waals surface area contributed by atoms with E-state index in [4.69, 9.17) is 11.0 Å². The smallest absolute Gasteiger partial charge is 0.250 e. The van der Waals surface area contributed by atoms with E-state index < -0.39 is 5.91 Å². The van der Waals surface area contributed by atoms with Gasteiger partial charge in [-0.25, -0.2) is 4.39 Å². The van der Waals surface area contributed by atoms with Gasteiger partial charge in [0.15, 0.2) is 0 Å². The van der Waals surface area contributed by atoms with E-state index in [1.807, 2.05) is 23.6 Å². The van der Waals surface area contributed by atoms with E-state index in [0.29, 0.717) is 24.1 Å². The normalized spacial score (nSPS) is 10.5. The van der Waals surface area contributed by atoms with Crippen LogP contribution in [0, 0.1) is 24.1 Å². The molecule has 1 amide bonds. The number of nitrogens with two attached hydrogens (primary N) is 1. The summed E-state index contributed by atoms with van der Waals surface area (Å²) in [6, 6.07) is 17.5. The van der Waals surface area contributed by atoms with Crippen molar-refractivity contribution in [2.24, 2.45) is 5.73 Å². The van der Waals surface area contributed by atoms with Gasteiger partial charge in [-0.1, -0.05) is 24.3 Å². The average Bonchev–Trinajstić information content (AvgIpc) is 2.98. The maximum Gasteiger partial charge on any atom is 0.250 e. The van der Waals surface area contributed by atoms with E-state index in [0.717, 1.165) is 22.5 Å². The minimum absolute atomic E-state index is 0.268. The molecule has 0 bridgehead atoms. The highest BCUT2D eigenvalue weighted by molar-refractivity contribution is 5.95. The van der Waals surface area contributed by atoms with Gasteiger partial charge < -0.3 is 10.3 Å². The predicted octanol–water partition coefficient (Wildman–Crippen LogP) is 3.82. The first-order chi connectivity index (χ1) is 12.5. The standard InChI is InChI=1S/C21H18FN3O/c1-14-19(21(24)26)12-20(17-4-2-3-16(11-17)13-23)25(14)10-9-15-5-7-18(22)8-6-15/h2-8,11-12H,9-10H2,1H3,(H2,24,26). The molecule has 1 aromatic heterocycles. The number of benzene rings is 2. The van der Waals surface area contributed by atoms with Crippen LogP contribution in [0.4, 0.5) is 4.39 Å². The maximum atomic E-state index is 13.1. The third-order valence-corrected chi connectivity index (χ3v) is 4.46. The second-order valence-electron chi connectivity index (χ2n) is 6.11. The van der Waals surface area contributed by atoms with Crippen LogP contribution >= 0.6 is 0 Å². The van der Waals surface area contributed by atoms with Crippen LogP contribution in [0.1, 0.15) is 27.2 Å². The SMILES string of the molecule is Cc1c(C(N)=O)cc(-c2cccc(C#N)c2)n1CCc1ccc(F)cc1. The number of rotatable bonds is 5. The van der Waals surface area contributed by atoms with Crippen molar-refractivity contribution in [2.75, 3.05) is 0 Å². The number of hydrogen-bond donors (Lipinski definition) is 1. The van der Waals surface area contributed by atoms with Crippen molar-refractivity contribution >= 4 is 5.91 Å². The Hall–Kier alpha value is -3.39. The third-order valence-electron chi connectivity index (χ3n) is 4.46. The fraction of sp³-hybridized carbons (Fsp3) is 0.143. The minimum Gasteiger partial charge on any atom is -0.366 e. The lowest BCUT2D eigenvalue weighted by Gasteiger charge is -2.12. The second kappa shape index (κ2) is 7.24. The number of aryl methyl sites for hydroxylation is 1. The highest BCUT2D eigenvalue weighted by atomic mass is 19.1. The number of amides is 1. The van der Waals surface area contributed by atoms with E-state index in [1.54, 1.807) is 30.3 Å². The molecule has 0 aliphatic heterocycles. The van der Waals surface area contributed by atoms with E-state index in [9.17, 15) is 9.18 Å².